The third-order valence-electron chi connectivity index (χ3n) is 5.30. The van der Waals surface area contributed by atoms with E-state index in [2.05, 4.69) is 22.5 Å². The molecule has 0 atom stereocenters. The normalized spacial score (nSPS) is 21.9. The zero-order valence-electron chi connectivity index (χ0n) is 16.3. The first-order valence-electron chi connectivity index (χ1n) is 10.2. The number of morpholine rings is 1. The fraction of sp³-hybridized carbons (Fsp3) is 0.947. The minimum atomic E-state index is 0.232. The summed E-state index contributed by atoms with van der Waals surface area (Å²) in [5, 5.41) is 6.84. The summed E-state index contributed by atoms with van der Waals surface area (Å²) in [6, 6.07) is 0. The second-order valence-electron chi connectivity index (χ2n) is 7.06. The van der Waals surface area contributed by atoms with E-state index in [0.29, 0.717) is 0 Å². The summed E-state index contributed by atoms with van der Waals surface area (Å²) in [6.45, 7) is 12.2. The average Bonchev–Trinajstić information content (AvgIpc) is 2.67. The van der Waals surface area contributed by atoms with Gasteiger partial charge in [0.25, 0.3) is 0 Å². The molecule has 0 spiro atoms. The number of hydrogen-bond donors (Lipinski definition) is 2. The molecule has 2 N–H and O–H groups in total. The van der Waals surface area contributed by atoms with Gasteiger partial charge in [-0.25, -0.2) is 0 Å². The van der Waals surface area contributed by atoms with Crippen LogP contribution in [0.15, 0.2) is 4.99 Å². The summed E-state index contributed by atoms with van der Waals surface area (Å²) in [4.78, 5) is 7.62. The van der Waals surface area contributed by atoms with E-state index in [9.17, 15) is 0 Å². The molecule has 0 unspecified atom stereocenters. The Hall–Kier alpha value is -0.850. The maximum absolute atomic E-state index is 5.57. The number of rotatable bonds is 9. The molecule has 1 heterocycles. The minimum Gasteiger partial charge on any atom is -0.382 e. The molecular weight excluding hydrogens is 316 g/mol. The van der Waals surface area contributed by atoms with E-state index < -0.39 is 0 Å². The lowest BCUT2D eigenvalue weighted by Crippen LogP contribution is -2.56. The van der Waals surface area contributed by atoms with Gasteiger partial charge in [-0.3, -0.25) is 9.89 Å². The number of aliphatic imine (C=N–C) groups is 1. The van der Waals surface area contributed by atoms with Gasteiger partial charge in [0.15, 0.2) is 5.96 Å². The molecule has 2 fully saturated rings. The fourth-order valence-corrected chi connectivity index (χ4v) is 3.92. The van der Waals surface area contributed by atoms with Crippen molar-refractivity contribution < 1.29 is 9.47 Å². The first kappa shape index (κ1) is 20.5. The Balaban J connectivity index is 1.92. The smallest absolute Gasteiger partial charge is 0.191 e. The molecule has 1 saturated heterocycles. The third kappa shape index (κ3) is 6.76. The van der Waals surface area contributed by atoms with Crippen LogP contribution in [0.25, 0.3) is 0 Å². The van der Waals surface area contributed by atoms with Crippen LogP contribution in [-0.2, 0) is 9.47 Å². The number of nitrogens with one attached hydrogen (secondary N) is 2. The van der Waals surface area contributed by atoms with Crippen LogP contribution in [0.5, 0.6) is 0 Å². The molecule has 2 rings (SSSR count). The summed E-state index contributed by atoms with van der Waals surface area (Å²) in [6.07, 6.45) is 7.55. The van der Waals surface area contributed by atoms with E-state index in [1.54, 1.807) is 0 Å². The molecule has 146 valence electrons. The monoisotopic (exact) mass is 354 g/mol. The van der Waals surface area contributed by atoms with Gasteiger partial charge in [-0.2, -0.15) is 0 Å². The Morgan fingerprint density at radius 2 is 1.88 bits per heavy atom. The van der Waals surface area contributed by atoms with Gasteiger partial charge in [0.05, 0.1) is 19.8 Å². The van der Waals surface area contributed by atoms with Gasteiger partial charge in [0.1, 0.15) is 0 Å². The molecule has 0 radical (unpaired) electrons. The maximum atomic E-state index is 5.57. The molecule has 0 bridgehead atoms. The molecule has 2 aliphatic rings. The van der Waals surface area contributed by atoms with Gasteiger partial charge < -0.3 is 20.1 Å². The SMILES string of the molecule is CCNC(=NCC1(N2CCOCC2)CCCCC1)NCCCOCC. The fourth-order valence-electron chi connectivity index (χ4n) is 3.92. The van der Waals surface area contributed by atoms with Gasteiger partial charge in [-0.1, -0.05) is 19.3 Å². The van der Waals surface area contributed by atoms with Crippen molar-refractivity contribution in [3.63, 3.8) is 0 Å². The molecule has 6 nitrogen and oxygen atoms in total. The number of nitrogens with zero attached hydrogens (tertiary/aromatic N) is 2. The average molecular weight is 355 g/mol. The van der Waals surface area contributed by atoms with E-state index in [1.807, 2.05) is 6.92 Å². The van der Waals surface area contributed by atoms with Gasteiger partial charge in [-0.05, 0) is 33.1 Å². The Morgan fingerprint density at radius 1 is 1.12 bits per heavy atom. The molecule has 0 aromatic heterocycles. The summed E-state index contributed by atoms with van der Waals surface area (Å²) in [5.74, 6) is 0.942. The Morgan fingerprint density at radius 3 is 2.56 bits per heavy atom. The summed E-state index contributed by atoms with van der Waals surface area (Å²) < 4.78 is 11.0. The van der Waals surface area contributed by atoms with Crippen molar-refractivity contribution in [1.82, 2.24) is 15.5 Å². The summed E-state index contributed by atoms with van der Waals surface area (Å²) in [7, 11) is 0. The Labute approximate surface area is 153 Å². The van der Waals surface area contributed by atoms with Crippen molar-refractivity contribution in [3.05, 3.63) is 0 Å². The van der Waals surface area contributed by atoms with Gasteiger partial charge in [-0.15, -0.1) is 0 Å². The molecule has 1 aliphatic carbocycles. The molecule has 0 aromatic carbocycles. The number of guanidine groups is 1. The second kappa shape index (κ2) is 11.7. The van der Waals surface area contributed by atoms with E-state index in [1.165, 1.54) is 32.1 Å². The standard InChI is InChI=1S/C19H38N4O2/c1-3-20-18(21-11-8-14-24-4-2)22-17-19(9-6-5-7-10-19)23-12-15-25-16-13-23/h3-17H2,1-2H3,(H2,20,21,22). The van der Waals surface area contributed by atoms with E-state index in [-0.39, 0.29) is 5.54 Å². The van der Waals surface area contributed by atoms with E-state index in [0.717, 1.165) is 71.5 Å². The number of hydrogen-bond acceptors (Lipinski definition) is 4. The predicted molar refractivity (Wildman–Crippen MR) is 103 cm³/mol. The third-order valence-corrected chi connectivity index (χ3v) is 5.30. The van der Waals surface area contributed by atoms with Gasteiger partial charge in [0, 0.05) is 44.9 Å². The van der Waals surface area contributed by atoms with Crippen LogP contribution in [0.4, 0.5) is 0 Å². The lowest BCUT2D eigenvalue weighted by molar-refractivity contribution is -0.0333. The lowest BCUT2D eigenvalue weighted by atomic mass is 9.80. The topological polar surface area (TPSA) is 58.1 Å². The first-order valence-corrected chi connectivity index (χ1v) is 10.2. The minimum absolute atomic E-state index is 0.232. The van der Waals surface area contributed by atoms with Crippen molar-refractivity contribution in [2.45, 2.75) is 57.9 Å². The van der Waals surface area contributed by atoms with Crippen molar-refractivity contribution in [2.75, 3.05) is 59.2 Å². The molecule has 0 aromatic rings. The van der Waals surface area contributed by atoms with Crippen LogP contribution in [0.2, 0.25) is 0 Å². The van der Waals surface area contributed by atoms with Gasteiger partial charge in [0.2, 0.25) is 0 Å². The highest BCUT2D eigenvalue weighted by molar-refractivity contribution is 5.79. The predicted octanol–water partition coefficient (Wildman–Crippen LogP) is 2.00. The molecular formula is C19H38N4O2. The van der Waals surface area contributed by atoms with Crippen LogP contribution in [-0.4, -0.2) is 75.5 Å². The van der Waals surface area contributed by atoms with E-state index in [4.69, 9.17) is 14.5 Å². The van der Waals surface area contributed by atoms with Crippen LogP contribution in [0.3, 0.4) is 0 Å². The molecule has 6 heteroatoms. The number of ether oxygens (including phenoxy) is 2. The largest absolute Gasteiger partial charge is 0.382 e. The highest BCUT2D eigenvalue weighted by Crippen LogP contribution is 2.34. The van der Waals surface area contributed by atoms with Crippen molar-refractivity contribution in [2.24, 2.45) is 4.99 Å². The van der Waals surface area contributed by atoms with Gasteiger partial charge >= 0.3 is 0 Å². The van der Waals surface area contributed by atoms with E-state index >= 15 is 0 Å². The quantitative estimate of drug-likeness (QED) is 0.377. The molecule has 1 aliphatic heterocycles. The first-order chi connectivity index (χ1) is 12.3. The zero-order valence-corrected chi connectivity index (χ0v) is 16.3. The Kier molecular flexibility index (Phi) is 9.58. The Bertz CT molecular complexity index is 378. The van der Waals surface area contributed by atoms with Crippen LogP contribution < -0.4 is 10.6 Å². The van der Waals surface area contributed by atoms with Crippen molar-refractivity contribution >= 4 is 5.96 Å². The summed E-state index contributed by atoms with van der Waals surface area (Å²) >= 11 is 0. The highest BCUT2D eigenvalue weighted by atomic mass is 16.5. The summed E-state index contributed by atoms with van der Waals surface area (Å²) in [5.41, 5.74) is 0.232. The molecule has 1 saturated carbocycles. The maximum Gasteiger partial charge on any atom is 0.191 e. The second-order valence-corrected chi connectivity index (χ2v) is 7.06. The molecule has 0 amide bonds. The molecule has 25 heavy (non-hydrogen) atoms. The van der Waals surface area contributed by atoms with Crippen LogP contribution in [0.1, 0.15) is 52.4 Å². The van der Waals surface area contributed by atoms with Crippen LogP contribution >= 0.6 is 0 Å². The van der Waals surface area contributed by atoms with Crippen molar-refractivity contribution in [1.29, 1.82) is 0 Å². The van der Waals surface area contributed by atoms with Crippen molar-refractivity contribution in [3.8, 4) is 0 Å². The highest BCUT2D eigenvalue weighted by Gasteiger charge is 2.38. The van der Waals surface area contributed by atoms with Crippen LogP contribution in [0, 0.1) is 0 Å². The lowest BCUT2D eigenvalue weighted by Gasteiger charge is -2.47. The zero-order chi connectivity index (χ0) is 17.8.